The summed E-state index contributed by atoms with van der Waals surface area (Å²) in [4.78, 5) is 17.3. The summed E-state index contributed by atoms with van der Waals surface area (Å²) in [5, 5.41) is 3.06. The predicted octanol–water partition coefficient (Wildman–Crippen LogP) is 0.861. The number of carbonyl (C=O) groups is 1. The van der Waals surface area contributed by atoms with Gasteiger partial charge in [0.25, 0.3) is 0 Å². The monoisotopic (exact) mass is 222 g/mol. The second kappa shape index (κ2) is 4.83. The zero-order valence-corrected chi connectivity index (χ0v) is 10.1. The molecule has 0 saturated carbocycles. The SMILES string of the molecule is Cc1cc(N)cnc1NC(C)C(=O)N(C)C. The van der Waals surface area contributed by atoms with Crippen molar-refractivity contribution in [3.63, 3.8) is 0 Å². The van der Waals surface area contributed by atoms with Crippen LogP contribution in [0.1, 0.15) is 12.5 Å². The summed E-state index contributed by atoms with van der Waals surface area (Å²) in [6.45, 7) is 3.71. The summed E-state index contributed by atoms with van der Waals surface area (Å²) in [5.41, 5.74) is 7.15. The van der Waals surface area contributed by atoms with Gasteiger partial charge in [0.05, 0.1) is 11.9 Å². The number of rotatable bonds is 3. The van der Waals surface area contributed by atoms with Gasteiger partial charge in [-0.3, -0.25) is 4.79 Å². The molecule has 1 heterocycles. The fourth-order valence-electron chi connectivity index (χ4n) is 1.40. The summed E-state index contributed by atoms with van der Waals surface area (Å²) in [7, 11) is 3.45. The molecule has 0 aromatic carbocycles. The molecule has 16 heavy (non-hydrogen) atoms. The number of anilines is 2. The first-order valence-electron chi connectivity index (χ1n) is 5.11. The molecule has 1 unspecified atom stereocenters. The third-order valence-electron chi connectivity index (χ3n) is 2.26. The van der Waals surface area contributed by atoms with Crippen LogP contribution < -0.4 is 11.1 Å². The smallest absolute Gasteiger partial charge is 0.244 e. The van der Waals surface area contributed by atoms with Gasteiger partial charge in [0.1, 0.15) is 11.9 Å². The molecule has 1 atom stereocenters. The van der Waals surface area contributed by atoms with Crippen molar-refractivity contribution in [3.05, 3.63) is 17.8 Å². The van der Waals surface area contributed by atoms with E-state index in [9.17, 15) is 4.79 Å². The van der Waals surface area contributed by atoms with Crippen molar-refractivity contribution in [2.24, 2.45) is 0 Å². The van der Waals surface area contributed by atoms with Gasteiger partial charge >= 0.3 is 0 Å². The Bertz CT molecular complexity index is 390. The van der Waals surface area contributed by atoms with Crippen LogP contribution in [0.4, 0.5) is 11.5 Å². The minimum absolute atomic E-state index is 0.0121. The minimum atomic E-state index is -0.301. The highest BCUT2D eigenvalue weighted by atomic mass is 16.2. The molecule has 0 aliphatic heterocycles. The van der Waals surface area contributed by atoms with Crippen molar-refractivity contribution in [3.8, 4) is 0 Å². The number of pyridine rings is 1. The van der Waals surface area contributed by atoms with Crippen LogP contribution >= 0.6 is 0 Å². The second-order valence-corrected chi connectivity index (χ2v) is 4.03. The van der Waals surface area contributed by atoms with Gasteiger partial charge in [0, 0.05) is 14.1 Å². The van der Waals surface area contributed by atoms with Crippen molar-refractivity contribution in [1.82, 2.24) is 9.88 Å². The Morgan fingerprint density at radius 3 is 2.69 bits per heavy atom. The molecule has 0 aliphatic rings. The van der Waals surface area contributed by atoms with Crippen LogP contribution in [0.15, 0.2) is 12.3 Å². The fraction of sp³-hybridized carbons (Fsp3) is 0.455. The van der Waals surface area contributed by atoms with Crippen molar-refractivity contribution in [2.75, 3.05) is 25.1 Å². The minimum Gasteiger partial charge on any atom is -0.397 e. The molecule has 0 spiro atoms. The van der Waals surface area contributed by atoms with Crippen molar-refractivity contribution in [1.29, 1.82) is 0 Å². The van der Waals surface area contributed by atoms with E-state index in [1.807, 2.05) is 13.0 Å². The molecule has 1 amide bonds. The molecule has 88 valence electrons. The quantitative estimate of drug-likeness (QED) is 0.795. The summed E-state index contributed by atoms with van der Waals surface area (Å²) < 4.78 is 0. The second-order valence-electron chi connectivity index (χ2n) is 4.03. The fourth-order valence-corrected chi connectivity index (χ4v) is 1.40. The van der Waals surface area contributed by atoms with Crippen LogP contribution in [-0.2, 0) is 4.79 Å². The summed E-state index contributed by atoms with van der Waals surface area (Å²) in [6, 6.07) is 1.52. The number of amides is 1. The van der Waals surface area contributed by atoms with Gasteiger partial charge in [0.15, 0.2) is 0 Å². The lowest BCUT2D eigenvalue weighted by molar-refractivity contribution is -0.129. The number of nitrogens with one attached hydrogen (secondary N) is 1. The normalized spacial score (nSPS) is 12.0. The summed E-state index contributed by atoms with van der Waals surface area (Å²) in [5.74, 6) is 0.704. The zero-order valence-electron chi connectivity index (χ0n) is 10.1. The molecule has 1 aromatic heterocycles. The number of aromatic nitrogens is 1. The number of carbonyl (C=O) groups excluding carboxylic acids is 1. The van der Waals surface area contributed by atoms with E-state index in [1.54, 1.807) is 32.1 Å². The predicted molar refractivity (Wildman–Crippen MR) is 65.2 cm³/mol. The lowest BCUT2D eigenvalue weighted by Crippen LogP contribution is -2.37. The van der Waals surface area contributed by atoms with Crippen LogP contribution in [0.2, 0.25) is 0 Å². The Kier molecular flexibility index (Phi) is 3.71. The highest BCUT2D eigenvalue weighted by Gasteiger charge is 2.15. The average Bonchev–Trinajstić information content (AvgIpc) is 2.20. The Hall–Kier alpha value is -1.78. The molecule has 0 aliphatic carbocycles. The third kappa shape index (κ3) is 2.85. The number of nitrogen functional groups attached to an aromatic ring is 1. The Balaban J connectivity index is 2.77. The number of likely N-dealkylation sites (N-methyl/N-ethyl adjacent to an activating group) is 1. The zero-order chi connectivity index (χ0) is 12.3. The maximum absolute atomic E-state index is 11.6. The standard InChI is InChI=1S/C11H18N4O/c1-7-5-9(12)6-13-10(7)14-8(2)11(16)15(3)4/h5-6,8H,12H2,1-4H3,(H,13,14). The van der Waals surface area contributed by atoms with E-state index in [1.165, 1.54) is 0 Å². The van der Waals surface area contributed by atoms with Gasteiger partial charge in [-0.2, -0.15) is 0 Å². The molecular formula is C11H18N4O. The van der Waals surface area contributed by atoms with Gasteiger partial charge in [0.2, 0.25) is 5.91 Å². The van der Waals surface area contributed by atoms with Crippen LogP contribution in [-0.4, -0.2) is 35.9 Å². The Morgan fingerprint density at radius 2 is 2.19 bits per heavy atom. The lowest BCUT2D eigenvalue weighted by Gasteiger charge is -2.19. The first-order chi connectivity index (χ1) is 7.41. The molecule has 1 aromatic rings. The largest absolute Gasteiger partial charge is 0.397 e. The van der Waals surface area contributed by atoms with Crippen molar-refractivity contribution < 1.29 is 4.79 Å². The van der Waals surface area contributed by atoms with Crippen molar-refractivity contribution >= 4 is 17.4 Å². The molecule has 0 fully saturated rings. The maximum Gasteiger partial charge on any atom is 0.244 e. The van der Waals surface area contributed by atoms with Gasteiger partial charge in [-0.25, -0.2) is 4.98 Å². The highest BCUT2D eigenvalue weighted by molar-refractivity contribution is 5.83. The van der Waals surface area contributed by atoms with E-state index >= 15 is 0 Å². The van der Waals surface area contributed by atoms with Gasteiger partial charge in [-0.1, -0.05) is 0 Å². The first kappa shape index (κ1) is 12.3. The van der Waals surface area contributed by atoms with Crippen molar-refractivity contribution in [2.45, 2.75) is 19.9 Å². The van der Waals surface area contributed by atoms with E-state index in [0.717, 1.165) is 5.56 Å². The summed E-state index contributed by atoms with van der Waals surface area (Å²) >= 11 is 0. The van der Waals surface area contributed by atoms with E-state index < -0.39 is 0 Å². The maximum atomic E-state index is 11.6. The Labute approximate surface area is 95.7 Å². The molecule has 5 nitrogen and oxygen atoms in total. The number of hydrogen-bond acceptors (Lipinski definition) is 4. The molecule has 3 N–H and O–H groups in total. The molecule has 5 heteroatoms. The average molecular weight is 222 g/mol. The molecular weight excluding hydrogens is 204 g/mol. The third-order valence-corrected chi connectivity index (χ3v) is 2.26. The van der Waals surface area contributed by atoms with Crippen LogP contribution in [0.3, 0.4) is 0 Å². The highest BCUT2D eigenvalue weighted by Crippen LogP contribution is 2.14. The molecule has 0 radical (unpaired) electrons. The molecule has 0 saturated heterocycles. The van der Waals surface area contributed by atoms with Gasteiger partial charge in [-0.15, -0.1) is 0 Å². The van der Waals surface area contributed by atoms with E-state index in [0.29, 0.717) is 11.5 Å². The van der Waals surface area contributed by atoms with E-state index in [-0.39, 0.29) is 11.9 Å². The van der Waals surface area contributed by atoms with Crippen LogP contribution in [0, 0.1) is 6.92 Å². The lowest BCUT2D eigenvalue weighted by atomic mass is 10.2. The van der Waals surface area contributed by atoms with Gasteiger partial charge < -0.3 is 16.0 Å². The Morgan fingerprint density at radius 1 is 1.56 bits per heavy atom. The van der Waals surface area contributed by atoms with E-state index in [4.69, 9.17) is 5.73 Å². The number of nitrogens with two attached hydrogens (primary N) is 1. The summed E-state index contributed by atoms with van der Waals surface area (Å²) in [6.07, 6.45) is 1.57. The number of aryl methyl sites for hydroxylation is 1. The molecule has 1 rings (SSSR count). The van der Waals surface area contributed by atoms with Crippen LogP contribution in [0.25, 0.3) is 0 Å². The number of nitrogens with zero attached hydrogens (tertiary/aromatic N) is 2. The number of hydrogen-bond donors (Lipinski definition) is 2. The molecule has 0 bridgehead atoms. The van der Waals surface area contributed by atoms with Gasteiger partial charge in [-0.05, 0) is 25.5 Å². The topological polar surface area (TPSA) is 71.2 Å². The first-order valence-corrected chi connectivity index (χ1v) is 5.11. The van der Waals surface area contributed by atoms with E-state index in [2.05, 4.69) is 10.3 Å². The van der Waals surface area contributed by atoms with Crippen LogP contribution in [0.5, 0.6) is 0 Å².